The van der Waals surface area contributed by atoms with E-state index in [1.54, 1.807) is 13.8 Å². The monoisotopic (exact) mass is 337 g/mol. The third-order valence-electron chi connectivity index (χ3n) is 0.586. The molecule has 18 heavy (non-hydrogen) atoms. The van der Waals surface area contributed by atoms with Crippen LogP contribution in [0.15, 0.2) is 18.2 Å². The number of hydrogen-bond acceptors (Lipinski definition) is 2. The van der Waals surface area contributed by atoms with Crippen LogP contribution >= 0.6 is 0 Å². The van der Waals surface area contributed by atoms with Gasteiger partial charge in [-0.25, -0.2) is 12.2 Å². The van der Waals surface area contributed by atoms with Crippen molar-refractivity contribution in [3.05, 3.63) is 68.9 Å². The van der Waals surface area contributed by atoms with E-state index in [1.165, 1.54) is 0 Å². The fraction of sp³-hybridized carbons (Fsp3) is 0.333. The zero-order valence-electron chi connectivity index (χ0n) is 13.7. The third-order valence-corrected chi connectivity index (χ3v) is 0.586. The molecule has 0 heterocycles. The van der Waals surface area contributed by atoms with Gasteiger partial charge in [0.15, 0.2) is 0 Å². The molecular weight excluding hydrogens is 303 g/mol. The Balaban J connectivity index is -0.00000000837. The minimum Gasteiger partial charge on any atom is -0.397 e. The van der Waals surface area contributed by atoms with Crippen molar-refractivity contribution in [1.29, 1.82) is 0 Å². The van der Waals surface area contributed by atoms with E-state index < -0.39 is 0 Å². The second-order valence-corrected chi connectivity index (χ2v) is 1.64. The van der Waals surface area contributed by atoms with Gasteiger partial charge in [0.25, 0.3) is 0 Å². The van der Waals surface area contributed by atoms with Crippen LogP contribution in [0.25, 0.3) is 0 Å². The molecule has 0 bridgehead atoms. The van der Waals surface area contributed by atoms with E-state index in [1.807, 2.05) is 12.2 Å². The third kappa shape index (κ3) is 136. The Kier molecular flexibility index (Phi) is 304. The van der Waals surface area contributed by atoms with E-state index in [9.17, 15) is 0 Å². The molecule has 1 aliphatic carbocycles. The van der Waals surface area contributed by atoms with Crippen LogP contribution in [0.1, 0.15) is 20.3 Å². The fourth-order valence-electron chi connectivity index (χ4n) is 0.340. The molecule has 0 radical (unpaired) electrons. The molecule has 1 rings (SSSR count). The summed E-state index contributed by atoms with van der Waals surface area (Å²) in [7, 11) is 0. The summed E-state index contributed by atoms with van der Waals surface area (Å²) >= 11 is 0. The summed E-state index contributed by atoms with van der Waals surface area (Å²) in [5, 5.41) is 15.1. The van der Waals surface area contributed by atoms with Crippen molar-refractivity contribution in [2.45, 2.75) is 20.3 Å². The molecule has 0 saturated heterocycles. The number of rotatable bonds is 0. The summed E-state index contributed by atoms with van der Waals surface area (Å²) in [6.45, 7) is 3.86. The molecular formula is C15H35O2Zr-7. The molecule has 2 nitrogen and oxygen atoms in total. The first-order chi connectivity index (χ1) is 5.33. The van der Waals surface area contributed by atoms with Gasteiger partial charge in [-0.3, -0.25) is 6.08 Å². The van der Waals surface area contributed by atoms with Gasteiger partial charge in [0.1, 0.15) is 0 Å². The summed E-state index contributed by atoms with van der Waals surface area (Å²) < 4.78 is 0. The van der Waals surface area contributed by atoms with Crippen molar-refractivity contribution in [3.63, 3.8) is 0 Å². The molecule has 1 aliphatic rings. The van der Waals surface area contributed by atoms with Gasteiger partial charge in [-0.15, -0.1) is 6.42 Å². The van der Waals surface area contributed by atoms with Crippen LogP contribution in [-0.2, 0) is 26.2 Å². The number of aliphatic hydroxyl groups excluding tert-OH is 2. The predicted molar refractivity (Wildman–Crippen MR) is 85.6 cm³/mol. The van der Waals surface area contributed by atoms with Gasteiger partial charge < -0.3 is 54.8 Å². The molecule has 118 valence electrons. The van der Waals surface area contributed by atoms with Crippen LogP contribution in [0.2, 0.25) is 0 Å². The summed E-state index contributed by atoms with van der Waals surface area (Å²) in [5.41, 5.74) is 0. The van der Waals surface area contributed by atoms with Crippen LogP contribution in [0.4, 0.5) is 0 Å². The zero-order chi connectivity index (χ0) is 8.95. The molecule has 0 saturated carbocycles. The maximum atomic E-state index is 7.57. The molecule has 3 heteroatoms. The quantitative estimate of drug-likeness (QED) is 0.655. The van der Waals surface area contributed by atoms with E-state index in [0.717, 1.165) is 6.42 Å². The van der Waals surface area contributed by atoms with Crippen LogP contribution in [0.5, 0.6) is 0 Å². The summed E-state index contributed by atoms with van der Waals surface area (Å²) in [6.07, 6.45) is 10.0. The van der Waals surface area contributed by atoms with Gasteiger partial charge in [-0.05, 0) is 13.8 Å². The molecule has 0 unspecified atom stereocenters. The van der Waals surface area contributed by atoms with Gasteiger partial charge in [0, 0.05) is 39.4 Å². The van der Waals surface area contributed by atoms with Crippen molar-refractivity contribution in [3.8, 4) is 0 Å². The van der Waals surface area contributed by atoms with E-state index >= 15 is 0 Å². The number of aliphatic hydroxyl groups is 2. The Morgan fingerprint density at radius 2 is 1.17 bits per heavy atom. The normalized spacial score (nSPS) is 6.89. The summed E-state index contributed by atoms with van der Waals surface area (Å²) in [4.78, 5) is 0. The van der Waals surface area contributed by atoms with Gasteiger partial charge >= 0.3 is 0 Å². The zero-order valence-corrected chi connectivity index (χ0v) is 16.2. The van der Waals surface area contributed by atoms with Crippen LogP contribution in [0, 0.1) is 50.6 Å². The SMILES string of the molecule is CCO.CCO.[C-]1=CC=CC1.[CH3-].[CH3-].[CH3-].[CH3-].[CH3-].[CH3-].[Zr]. The first kappa shape index (κ1) is 63.4. The molecule has 0 aromatic rings. The Morgan fingerprint density at radius 1 is 0.889 bits per heavy atom. The first-order valence-electron chi connectivity index (χ1n) is 3.76. The molecule has 2 N–H and O–H groups in total. The maximum absolute atomic E-state index is 7.57. The van der Waals surface area contributed by atoms with Gasteiger partial charge in [-0.1, -0.05) is 0 Å². The Morgan fingerprint density at radius 3 is 1.22 bits per heavy atom. The van der Waals surface area contributed by atoms with E-state index in [0.29, 0.717) is 0 Å². The minimum absolute atomic E-state index is 0. The summed E-state index contributed by atoms with van der Waals surface area (Å²) in [6, 6.07) is 0. The van der Waals surface area contributed by atoms with Crippen molar-refractivity contribution < 1.29 is 36.4 Å². The molecule has 0 atom stereocenters. The van der Waals surface area contributed by atoms with E-state index in [4.69, 9.17) is 10.2 Å². The van der Waals surface area contributed by atoms with Crippen molar-refractivity contribution >= 4 is 0 Å². The van der Waals surface area contributed by atoms with Crippen molar-refractivity contribution in [2.75, 3.05) is 13.2 Å². The largest absolute Gasteiger partial charge is 0.397 e. The number of hydrogen-bond donors (Lipinski definition) is 2. The van der Waals surface area contributed by atoms with Crippen LogP contribution in [0.3, 0.4) is 0 Å². The topological polar surface area (TPSA) is 40.5 Å². The minimum atomic E-state index is 0. The fourth-order valence-corrected chi connectivity index (χ4v) is 0.340. The molecule has 0 spiro atoms. The molecule has 0 amide bonds. The van der Waals surface area contributed by atoms with Gasteiger partial charge in [-0.2, -0.15) is 6.08 Å². The first-order valence-corrected chi connectivity index (χ1v) is 3.76. The average molecular weight is 339 g/mol. The average Bonchev–Trinajstić information content (AvgIpc) is 2.44. The Bertz CT molecular complexity index is 90.7. The van der Waals surface area contributed by atoms with Gasteiger partial charge in [0.2, 0.25) is 0 Å². The van der Waals surface area contributed by atoms with Crippen molar-refractivity contribution in [2.24, 2.45) is 0 Å². The maximum Gasteiger partial charge on any atom is 0.0402 e. The second kappa shape index (κ2) is 86.4. The molecule has 0 fully saturated rings. The predicted octanol–water partition coefficient (Wildman–Crippen LogP) is 4.00. The van der Waals surface area contributed by atoms with Gasteiger partial charge in [0.05, 0.1) is 0 Å². The number of allylic oxidation sites excluding steroid dienone is 4. The molecule has 0 aromatic carbocycles. The van der Waals surface area contributed by atoms with E-state index in [2.05, 4.69) is 12.2 Å². The Labute approximate surface area is 138 Å². The van der Waals surface area contributed by atoms with Crippen molar-refractivity contribution in [1.82, 2.24) is 0 Å². The summed E-state index contributed by atoms with van der Waals surface area (Å²) in [5.74, 6) is 0. The Hall–Kier alpha value is 0.283. The van der Waals surface area contributed by atoms with E-state index in [-0.39, 0.29) is 84.0 Å². The molecule has 0 aromatic heterocycles. The smallest absolute Gasteiger partial charge is 0.0402 e. The van der Waals surface area contributed by atoms with Crippen LogP contribution < -0.4 is 0 Å². The second-order valence-electron chi connectivity index (χ2n) is 1.64. The van der Waals surface area contributed by atoms with Crippen LogP contribution in [-0.4, -0.2) is 23.4 Å². The standard InChI is InChI=1S/C5H5.2C2H6O.6CH3.Zr/c1-2-4-5-3-1;2*1-2-3;;;;;;;/h1-3H,4H2;2*3H,2H2,1H3;6*1H3;/q-1;;;6*-1;. The molecule has 0 aliphatic heterocycles.